The summed E-state index contributed by atoms with van der Waals surface area (Å²) in [5.41, 5.74) is -0.0905. The zero-order valence-corrected chi connectivity index (χ0v) is 17.5. The normalized spacial score (nSPS) is 27.1. The van der Waals surface area contributed by atoms with E-state index in [1.54, 1.807) is 0 Å². The standard InChI is InChI=1S/C17H33N3O3.HI/c1-3-18-16(20-14-17(2)8-5-12-23-17)19-9-6-10-21-13-15-7-4-11-22-15;/h15H,3-14H2,1-2H3,(H2,18,19,20);1H. The van der Waals surface area contributed by atoms with Gasteiger partial charge in [0.1, 0.15) is 0 Å². The van der Waals surface area contributed by atoms with E-state index in [1.165, 1.54) is 6.42 Å². The Morgan fingerprint density at radius 3 is 2.83 bits per heavy atom. The molecule has 2 heterocycles. The first-order chi connectivity index (χ1) is 11.2. The highest BCUT2D eigenvalue weighted by Gasteiger charge is 2.29. The molecule has 24 heavy (non-hydrogen) atoms. The van der Waals surface area contributed by atoms with E-state index in [1.807, 2.05) is 0 Å². The number of guanidine groups is 1. The van der Waals surface area contributed by atoms with E-state index >= 15 is 0 Å². The lowest BCUT2D eigenvalue weighted by molar-refractivity contribution is 0.0168. The summed E-state index contributed by atoms with van der Waals surface area (Å²) in [7, 11) is 0. The molecule has 0 spiro atoms. The highest BCUT2D eigenvalue weighted by atomic mass is 127. The molecule has 6 nitrogen and oxygen atoms in total. The van der Waals surface area contributed by atoms with Crippen LogP contribution >= 0.6 is 24.0 Å². The molecular formula is C17H34IN3O3. The lowest BCUT2D eigenvalue weighted by Crippen LogP contribution is -2.39. The Balaban J connectivity index is 0.00000288. The molecule has 0 bridgehead atoms. The van der Waals surface area contributed by atoms with Crippen LogP contribution in [0.15, 0.2) is 4.99 Å². The first-order valence-corrected chi connectivity index (χ1v) is 9.07. The smallest absolute Gasteiger partial charge is 0.191 e. The van der Waals surface area contributed by atoms with Crippen LogP contribution in [0.5, 0.6) is 0 Å². The van der Waals surface area contributed by atoms with E-state index in [0.29, 0.717) is 12.6 Å². The third-order valence-electron chi connectivity index (χ3n) is 4.30. The molecule has 0 aromatic rings. The number of hydrogen-bond donors (Lipinski definition) is 2. The topological polar surface area (TPSA) is 64.1 Å². The van der Waals surface area contributed by atoms with Crippen LogP contribution in [-0.2, 0) is 14.2 Å². The third-order valence-corrected chi connectivity index (χ3v) is 4.30. The molecule has 2 fully saturated rings. The minimum Gasteiger partial charge on any atom is -0.379 e. The van der Waals surface area contributed by atoms with Crippen molar-refractivity contribution in [2.24, 2.45) is 4.99 Å². The fourth-order valence-electron chi connectivity index (χ4n) is 2.92. The van der Waals surface area contributed by atoms with E-state index in [4.69, 9.17) is 14.2 Å². The quantitative estimate of drug-likeness (QED) is 0.242. The number of hydrogen-bond acceptors (Lipinski definition) is 4. The number of aliphatic imine (C=N–C) groups is 1. The molecule has 0 radical (unpaired) electrons. The van der Waals surface area contributed by atoms with Crippen molar-refractivity contribution in [2.75, 3.05) is 46.1 Å². The van der Waals surface area contributed by atoms with E-state index in [2.05, 4.69) is 29.5 Å². The van der Waals surface area contributed by atoms with E-state index < -0.39 is 0 Å². The highest BCUT2D eigenvalue weighted by Crippen LogP contribution is 2.24. The molecule has 0 amide bonds. The first-order valence-electron chi connectivity index (χ1n) is 9.07. The van der Waals surface area contributed by atoms with Crippen molar-refractivity contribution in [1.29, 1.82) is 0 Å². The minimum atomic E-state index is -0.0905. The molecule has 2 rings (SSSR count). The summed E-state index contributed by atoms with van der Waals surface area (Å²) in [6.07, 6.45) is 5.81. The van der Waals surface area contributed by atoms with Crippen LogP contribution in [0.25, 0.3) is 0 Å². The summed E-state index contributed by atoms with van der Waals surface area (Å²) in [6, 6.07) is 0. The molecule has 0 aromatic heterocycles. The Morgan fingerprint density at radius 1 is 1.29 bits per heavy atom. The van der Waals surface area contributed by atoms with Gasteiger partial charge < -0.3 is 24.8 Å². The second kappa shape index (κ2) is 12.3. The van der Waals surface area contributed by atoms with Crippen molar-refractivity contribution >= 4 is 29.9 Å². The van der Waals surface area contributed by atoms with Gasteiger partial charge in [-0.2, -0.15) is 0 Å². The van der Waals surface area contributed by atoms with Crippen molar-refractivity contribution in [3.05, 3.63) is 0 Å². The van der Waals surface area contributed by atoms with Gasteiger partial charge in [-0.05, 0) is 46.0 Å². The van der Waals surface area contributed by atoms with Gasteiger partial charge in [-0.1, -0.05) is 0 Å². The van der Waals surface area contributed by atoms with Gasteiger partial charge in [0.25, 0.3) is 0 Å². The molecular weight excluding hydrogens is 421 g/mol. The third kappa shape index (κ3) is 8.31. The molecule has 0 aromatic carbocycles. The fraction of sp³-hybridized carbons (Fsp3) is 0.941. The number of halogens is 1. The summed E-state index contributed by atoms with van der Waals surface area (Å²) < 4.78 is 17.0. The Kier molecular flexibility index (Phi) is 11.2. The van der Waals surface area contributed by atoms with Gasteiger partial charge in [-0.15, -0.1) is 24.0 Å². The van der Waals surface area contributed by atoms with Gasteiger partial charge >= 0.3 is 0 Å². The monoisotopic (exact) mass is 455 g/mol. The Hall–Kier alpha value is -0.120. The SMILES string of the molecule is CCNC(=NCC1(C)CCCO1)NCCCOCC1CCCO1.I. The lowest BCUT2D eigenvalue weighted by atomic mass is 10.0. The Labute approximate surface area is 163 Å². The fourth-order valence-corrected chi connectivity index (χ4v) is 2.92. The summed E-state index contributed by atoms with van der Waals surface area (Å²) in [4.78, 5) is 4.66. The van der Waals surface area contributed by atoms with Crippen LogP contribution in [0.1, 0.15) is 46.0 Å². The van der Waals surface area contributed by atoms with Crippen molar-refractivity contribution in [3.63, 3.8) is 0 Å². The number of nitrogens with one attached hydrogen (secondary N) is 2. The summed E-state index contributed by atoms with van der Waals surface area (Å²) in [6.45, 7) is 9.88. The molecule has 7 heteroatoms. The van der Waals surface area contributed by atoms with E-state index in [0.717, 1.165) is 71.2 Å². The average molecular weight is 455 g/mol. The molecule has 2 aliphatic rings. The zero-order chi connectivity index (χ0) is 16.4. The summed E-state index contributed by atoms with van der Waals surface area (Å²) >= 11 is 0. The second-order valence-corrected chi connectivity index (χ2v) is 6.59. The molecule has 2 unspecified atom stereocenters. The molecule has 2 N–H and O–H groups in total. The van der Waals surface area contributed by atoms with Gasteiger partial charge in [0, 0.05) is 32.9 Å². The second-order valence-electron chi connectivity index (χ2n) is 6.59. The van der Waals surface area contributed by atoms with Crippen molar-refractivity contribution < 1.29 is 14.2 Å². The van der Waals surface area contributed by atoms with Gasteiger partial charge in [0.2, 0.25) is 0 Å². The van der Waals surface area contributed by atoms with Gasteiger partial charge in [-0.3, -0.25) is 4.99 Å². The van der Waals surface area contributed by atoms with Gasteiger partial charge in [0.15, 0.2) is 5.96 Å². The predicted octanol–water partition coefficient (Wildman–Crippen LogP) is 2.31. The van der Waals surface area contributed by atoms with Crippen LogP contribution in [0.3, 0.4) is 0 Å². The Morgan fingerprint density at radius 2 is 2.17 bits per heavy atom. The minimum absolute atomic E-state index is 0. The molecule has 2 aliphatic heterocycles. The maximum atomic E-state index is 5.78. The molecule has 142 valence electrons. The van der Waals surface area contributed by atoms with Gasteiger partial charge in [0.05, 0.1) is 24.9 Å². The van der Waals surface area contributed by atoms with E-state index in [9.17, 15) is 0 Å². The van der Waals surface area contributed by atoms with Crippen LogP contribution < -0.4 is 10.6 Å². The van der Waals surface area contributed by atoms with Crippen LogP contribution in [0.2, 0.25) is 0 Å². The number of ether oxygens (including phenoxy) is 3. The first kappa shape index (κ1) is 21.9. The van der Waals surface area contributed by atoms with Crippen LogP contribution in [0, 0.1) is 0 Å². The van der Waals surface area contributed by atoms with Crippen molar-refractivity contribution in [1.82, 2.24) is 10.6 Å². The molecule has 0 aliphatic carbocycles. The highest BCUT2D eigenvalue weighted by molar-refractivity contribution is 14.0. The molecule has 2 saturated heterocycles. The predicted molar refractivity (Wildman–Crippen MR) is 107 cm³/mol. The number of nitrogens with zero attached hydrogens (tertiary/aromatic N) is 1. The molecule has 2 atom stereocenters. The molecule has 0 saturated carbocycles. The Bertz CT molecular complexity index is 357. The van der Waals surface area contributed by atoms with E-state index in [-0.39, 0.29) is 29.6 Å². The number of rotatable bonds is 9. The summed E-state index contributed by atoms with van der Waals surface area (Å²) in [5.74, 6) is 0.864. The van der Waals surface area contributed by atoms with Crippen molar-refractivity contribution in [2.45, 2.75) is 57.7 Å². The zero-order valence-electron chi connectivity index (χ0n) is 15.1. The van der Waals surface area contributed by atoms with Crippen LogP contribution in [0.4, 0.5) is 0 Å². The maximum Gasteiger partial charge on any atom is 0.191 e. The maximum absolute atomic E-state index is 5.78. The lowest BCUT2D eigenvalue weighted by Gasteiger charge is -2.21. The van der Waals surface area contributed by atoms with Gasteiger partial charge in [-0.25, -0.2) is 0 Å². The van der Waals surface area contributed by atoms with Crippen molar-refractivity contribution in [3.8, 4) is 0 Å². The van der Waals surface area contributed by atoms with Crippen LogP contribution in [-0.4, -0.2) is 63.7 Å². The largest absolute Gasteiger partial charge is 0.379 e. The average Bonchev–Trinajstić information content (AvgIpc) is 3.20. The summed E-state index contributed by atoms with van der Waals surface area (Å²) in [5, 5.41) is 6.64.